The van der Waals surface area contributed by atoms with Gasteiger partial charge in [-0.25, -0.2) is 0 Å². The first-order valence-electron chi connectivity index (χ1n) is 4.86. The summed E-state index contributed by atoms with van der Waals surface area (Å²) in [7, 11) is 2.25. The second kappa shape index (κ2) is 4.01. The quantitative estimate of drug-likeness (QED) is 0.662. The number of thiol groups is 1. The van der Waals surface area contributed by atoms with Crippen molar-refractivity contribution in [2.75, 3.05) is 19.3 Å². The highest BCUT2D eigenvalue weighted by Gasteiger charge is 2.26. The summed E-state index contributed by atoms with van der Waals surface area (Å²) in [5, 5.41) is 0. The standard InChI is InChI=1S/C10H21NS/c1-10(2,8-12)7-11(3)9-5-4-6-9/h9,12H,4-8H2,1-3H3. The Kier molecular flexibility index (Phi) is 3.47. The van der Waals surface area contributed by atoms with E-state index in [0.29, 0.717) is 5.41 Å². The van der Waals surface area contributed by atoms with E-state index in [1.54, 1.807) is 0 Å². The van der Waals surface area contributed by atoms with Crippen LogP contribution in [0.15, 0.2) is 0 Å². The summed E-state index contributed by atoms with van der Waals surface area (Å²) in [4.78, 5) is 2.50. The van der Waals surface area contributed by atoms with Gasteiger partial charge < -0.3 is 4.90 Å². The summed E-state index contributed by atoms with van der Waals surface area (Å²) in [5.41, 5.74) is 0.369. The van der Waals surface area contributed by atoms with Crippen LogP contribution in [0.4, 0.5) is 0 Å². The Bertz CT molecular complexity index is 141. The molecule has 1 rings (SSSR count). The molecule has 0 heterocycles. The SMILES string of the molecule is CN(CC(C)(C)CS)C1CCC1. The fraction of sp³-hybridized carbons (Fsp3) is 1.00. The van der Waals surface area contributed by atoms with E-state index in [9.17, 15) is 0 Å². The van der Waals surface area contributed by atoms with Crippen molar-refractivity contribution in [3.63, 3.8) is 0 Å². The number of hydrogen-bond donors (Lipinski definition) is 1. The molecule has 0 aromatic heterocycles. The van der Waals surface area contributed by atoms with E-state index in [0.717, 1.165) is 11.8 Å². The summed E-state index contributed by atoms with van der Waals surface area (Å²) in [6.45, 7) is 5.76. The third kappa shape index (κ3) is 2.67. The third-order valence-corrected chi connectivity index (χ3v) is 3.66. The Balaban J connectivity index is 2.28. The summed E-state index contributed by atoms with van der Waals surface area (Å²) in [6, 6.07) is 0.865. The highest BCUT2D eigenvalue weighted by molar-refractivity contribution is 7.80. The summed E-state index contributed by atoms with van der Waals surface area (Å²) in [6.07, 6.45) is 4.23. The van der Waals surface area contributed by atoms with Gasteiger partial charge in [-0.15, -0.1) is 0 Å². The smallest absolute Gasteiger partial charge is 0.00924 e. The Morgan fingerprint density at radius 1 is 1.42 bits per heavy atom. The second-order valence-corrected chi connectivity index (χ2v) is 5.14. The van der Waals surface area contributed by atoms with Crippen molar-refractivity contribution < 1.29 is 0 Å². The van der Waals surface area contributed by atoms with Crippen LogP contribution in [0, 0.1) is 5.41 Å². The molecule has 72 valence electrons. The molecule has 0 saturated heterocycles. The van der Waals surface area contributed by atoms with Crippen LogP contribution in [0.2, 0.25) is 0 Å². The monoisotopic (exact) mass is 187 g/mol. The molecule has 0 aromatic rings. The fourth-order valence-electron chi connectivity index (χ4n) is 1.68. The van der Waals surface area contributed by atoms with Gasteiger partial charge in [0.25, 0.3) is 0 Å². The van der Waals surface area contributed by atoms with E-state index in [-0.39, 0.29) is 0 Å². The average molecular weight is 187 g/mol. The molecule has 0 atom stereocenters. The topological polar surface area (TPSA) is 3.24 Å². The van der Waals surface area contributed by atoms with Crippen LogP contribution in [0.5, 0.6) is 0 Å². The zero-order valence-electron chi connectivity index (χ0n) is 8.51. The maximum Gasteiger partial charge on any atom is 0.00924 e. The van der Waals surface area contributed by atoms with E-state index in [1.807, 2.05) is 0 Å². The highest BCUT2D eigenvalue weighted by atomic mass is 32.1. The van der Waals surface area contributed by atoms with Crippen LogP contribution in [-0.4, -0.2) is 30.3 Å². The predicted molar refractivity (Wildman–Crippen MR) is 57.9 cm³/mol. The van der Waals surface area contributed by atoms with E-state index >= 15 is 0 Å². The number of nitrogens with zero attached hydrogens (tertiary/aromatic N) is 1. The van der Waals surface area contributed by atoms with E-state index in [2.05, 4.69) is 38.4 Å². The first-order chi connectivity index (χ1) is 5.55. The van der Waals surface area contributed by atoms with Crippen molar-refractivity contribution in [3.8, 4) is 0 Å². The lowest BCUT2D eigenvalue weighted by Gasteiger charge is -2.39. The minimum Gasteiger partial charge on any atom is -0.303 e. The molecule has 1 saturated carbocycles. The van der Waals surface area contributed by atoms with Crippen LogP contribution in [-0.2, 0) is 0 Å². The van der Waals surface area contributed by atoms with Gasteiger partial charge in [0.2, 0.25) is 0 Å². The Morgan fingerprint density at radius 2 is 2.00 bits per heavy atom. The summed E-state index contributed by atoms with van der Waals surface area (Å²) >= 11 is 4.36. The zero-order chi connectivity index (χ0) is 9.19. The van der Waals surface area contributed by atoms with Crippen LogP contribution in [0.1, 0.15) is 33.1 Å². The molecule has 2 heteroatoms. The van der Waals surface area contributed by atoms with E-state index in [4.69, 9.17) is 0 Å². The maximum atomic E-state index is 4.36. The zero-order valence-corrected chi connectivity index (χ0v) is 9.40. The van der Waals surface area contributed by atoms with Crippen molar-refractivity contribution >= 4 is 12.6 Å². The first kappa shape index (κ1) is 10.4. The summed E-state index contributed by atoms with van der Waals surface area (Å²) < 4.78 is 0. The molecule has 0 amide bonds. The van der Waals surface area contributed by atoms with Gasteiger partial charge >= 0.3 is 0 Å². The van der Waals surface area contributed by atoms with Gasteiger partial charge in [0, 0.05) is 12.6 Å². The van der Waals surface area contributed by atoms with Crippen LogP contribution in [0.3, 0.4) is 0 Å². The normalized spacial score (nSPS) is 19.8. The van der Waals surface area contributed by atoms with Crippen molar-refractivity contribution in [2.24, 2.45) is 5.41 Å². The van der Waals surface area contributed by atoms with Crippen molar-refractivity contribution in [1.29, 1.82) is 0 Å². The molecule has 1 fully saturated rings. The summed E-state index contributed by atoms with van der Waals surface area (Å²) in [5.74, 6) is 0.976. The fourth-order valence-corrected chi connectivity index (χ4v) is 1.78. The minimum absolute atomic E-state index is 0.369. The van der Waals surface area contributed by atoms with E-state index in [1.165, 1.54) is 25.8 Å². The first-order valence-corrected chi connectivity index (χ1v) is 5.49. The minimum atomic E-state index is 0.369. The van der Waals surface area contributed by atoms with Crippen molar-refractivity contribution in [2.45, 2.75) is 39.2 Å². The lowest BCUT2D eigenvalue weighted by Crippen LogP contribution is -2.42. The molecular formula is C10H21NS. The molecular weight excluding hydrogens is 166 g/mol. The Morgan fingerprint density at radius 3 is 2.33 bits per heavy atom. The van der Waals surface area contributed by atoms with E-state index < -0.39 is 0 Å². The molecule has 0 aromatic carbocycles. The Hall–Kier alpha value is 0.310. The molecule has 1 nitrogen and oxygen atoms in total. The van der Waals surface area contributed by atoms with Gasteiger partial charge in [-0.05, 0) is 31.1 Å². The van der Waals surface area contributed by atoms with Gasteiger partial charge in [-0.3, -0.25) is 0 Å². The largest absolute Gasteiger partial charge is 0.303 e. The van der Waals surface area contributed by atoms with Gasteiger partial charge in [0.1, 0.15) is 0 Å². The molecule has 0 bridgehead atoms. The third-order valence-electron chi connectivity index (χ3n) is 2.80. The predicted octanol–water partition coefficient (Wildman–Crippen LogP) is 2.43. The van der Waals surface area contributed by atoms with Crippen LogP contribution < -0.4 is 0 Å². The van der Waals surface area contributed by atoms with Crippen molar-refractivity contribution in [3.05, 3.63) is 0 Å². The average Bonchev–Trinajstić information content (AvgIpc) is 1.82. The lowest BCUT2D eigenvalue weighted by atomic mass is 9.88. The Labute approximate surface area is 81.9 Å². The molecule has 0 radical (unpaired) electrons. The molecule has 0 spiro atoms. The van der Waals surface area contributed by atoms with Gasteiger partial charge in [-0.1, -0.05) is 20.3 Å². The lowest BCUT2D eigenvalue weighted by molar-refractivity contribution is 0.119. The van der Waals surface area contributed by atoms with Crippen LogP contribution >= 0.6 is 12.6 Å². The molecule has 12 heavy (non-hydrogen) atoms. The highest BCUT2D eigenvalue weighted by Crippen LogP contribution is 2.27. The molecule has 1 aliphatic carbocycles. The number of hydrogen-bond acceptors (Lipinski definition) is 2. The second-order valence-electron chi connectivity index (χ2n) is 4.82. The van der Waals surface area contributed by atoms with Crippen molar-refractivity contribution in [1.82, 2.24) is 4.90 Å². The number of rotatable bonds is 4. The maximum absolute atomic E-state index is 4.36. The molecule has 0 N–H and O–H groups in total. The van der Waals surface area contributed by atoms with Gasteiger partial charge in [0.05, 0.1) is 0 Å². The molecule has 1 aliphatic rings. The molecule has 0 unspecified atom stereocenters. The van der Waals surface area contributed by atoms with Gasteiger partial charge in [-0.2, -0.15) is 12.6 Å². The van der Waals surface area contributed by atoms with Crippen LogP contribution in [0.25, 0.3) is 0 Å². The van der Waals surface area contributed by atoms with Gasteiger partial charge in [0.15, 0.2) is 0 Å². The molecule has 0 aliphatic heterocycles.